The molecule has 1 fully saturated rings. The molecule has 1 rings (SSSR count). The van der Waals surface area contributed by atoms with Gasteiger partial charge >= 0.3 is 0 Å². The fraction of sp³-hybridized carbons (Fsp3) is 0.800. The third-order valence-corrected chi connectivity index (χ3v) is 2.51. The predicted molar refractivity (Wildman–Crippen MR) is 49.6 cm³/mol. The molecule has 1 aliphatic carbocycles. The average Bonchev–Trinajstić information content (AvgIpc) is 1.84. The van der Waals surface area contributed by atoms with Gasteiger partial charge in [-0.2, -0.15) is 0 Å². The van der Waals surface area contributed by atoms with E-state index in [4.69, 9.17) is 0 Å². The second-order valence-corrected chi connectivity index (χ2v) is 3.78. The Hall–Kier alpha value is -0.300. The summed E-state index contributed by atoms with van der Waals surface area (Å²) in [5.41, 5.74) is 1.24. The van der Waals surface area contributed by atoms with Gasteiger partial charge in [0.15, 0.2) is 0 Å². The lowest BCUT2D eigenvalue weighted by Crippen LogP contribution is -2.41. The third kappa shape index (κ3) is 2.66. The zero-order chi connectivity index (χ0) is 8.27. The highest BCUT2D eigenvalue weighted by Gasteiger charge is 2.26. The lowest BCUT2D eigenvalue weighted by Gasteiger charge is -2.35. The van der Waals surface area contributed by atoms with Crippen molar-refractivity contribution < 1.29 is 0 Å². The molecule has 1 saturated carbocycles. The molecule has 1 nitrogen and oxygen atoms in total. The van der Waals surface area contributed by atoms with E-state index in [1.54, 1.807) is 0 Å². The molecule has 1 heteroatoms. The van der Waals surface area contributed by atoms with Crippen molar-refractivity contribution in [3.8, 4) is 0 Å². The third-order valence-electron chi connectivity index (χ3n) is 2.51. The van der Waals surface area contributed by atoms with Crippen molar-refractivity contribution in [2.24, 2.45) is 5.92 Å². The molecule has 0 unspecified atom stereocenters. The first-order valence-corrected chi connectivity index (χ1v) is 4.60. The lowest BCUT2D eigenvalue weighted by atomic mass is 9.78. The molecule has 0 aromatic rings. The summed E-state index contributed by atoms with van der Waals surface area (Å²) in [6.45, 7) is 9.21. The van der Waals surface area contributed by atoms with Crippen LogP contribution in [0.5, 0.6) is 0 Å². The summed E-state index contributed by atoms with van der Waals surface area (Å²) in [7, 11) is 0. The molecular weight excluding hydrogens is 134 g/mol. The molecule has 0 bridgehead atoms. The van der Waals surface area contributed by atoms with E-state index in [0.717, 1.165) is 18.5 Å². The zero-order valence-corrected chi connectivity index (χ0v) is 7.69. The first kappa shape index (κ1) is 8.79. The van der Waals surface area contributed by atoms with E-state index in [2.05, 4.69) is 25.7 Å². The molecule has 0 aromatic heterocycles. The van der Waals surface area contributed by atoms with Crippen molar-refractivity contribution in [1.82, 2.24) is 5.32 Å². The van der Waals surface area contributed by atoms with Crippen LogP contribution in [0.4, 0.5) is 0 Å². The quantitative estimate of drug-likeness (QED) is 0.611. The Morgan fingerprint density at radius 2 is 2.18 bits per heavy atom. The van der Waals surface area contributed by atoms with Crippen LogP contribution >= 0.6 is 0 Å². The first-order chi connectivity index (χ1) is 5.22. The van der Waals surface area contributed by atoms with E-state index in [-0.39, 0.29) is 0 Å². The highest BCUT2D eigenvalue weighted by atomic mass is 14.9. The Labute approximate surface area is 69.9 Å². The highest BCUT2D eigenvalue weighted by molar-refractivity contribution is 4.94. The van der Waals surface area contributed by atoms with Crippen LogP contribution in [0.1, 0.15) is 33.1 Å². The minimum absolute atomic E-state index is 0.789. The van der Waals surface area contributed by atoms with E-state index in [1.165, 1.54) is 24.8 Å². The van der Waals surface area contributed by atoms with Crippen LogP contribution in [-0.4, -0.2) is 12.6 Å². The molecule has 1 aliphatic rings. The molecule has 0 aliphatic heterocycles. The first-order valence-electron chi connectivity index (χ1n) is 4.60. The Morgan fingerprint density at radius 1 is 1.55 bits per heavy atom. The van der Waals surface area contributed by atoms with E-state index in [0.29, 0.717) is 0 Å². The predicted octanol–water partition coefficient (Wildman–Crippen LogP) is 2.34. The normalized spacial score (nSPS) is 29.6. The molecule has 0 aromatic carbocycles. The highest BCUT2D eigenvalue weighted by Crippen LogP contribution is 2.29. The Bertz CT molecular complexity index is 134. The van der Waals surface area contributed by atoms with Crippen molar-refractivity contribution in [3.63, 3.8) is 0 Å². The van der Waals surface area contributed by atoms with Crippen molar-refractivity contribution in [2.75, 3.05) is 6.54 Å². The van der Waals surface area contributed by atoms with Crippen molar-refractivity contribution in [2.45, 2.75) is 39.2 Å². The van der Waals surface area contributed by atoms with E-state index >= 15 is 0 Å². The van der Waals surface area contributed by atoms with Crippen LogP contribution in [-0.2, 0) is 0 Å². The largest absolute Gasteiger partial charge is 0.310 e. The summed E-state index contributed by atoms with van der Waals surface area (Å²) in [6.07, 6.45) is 4.11. The molecule has 64 valence electrons. The van der Waals surface area contributed by atoms with Gasteiger partial charge in [0.05, 0.1) is 0 Å². The summed E-state index contributed by atoms with van der Waals surface area (Å²) < 4.78 is 0. The van der Waals surface area contributed by atoms with Crippen LogP contribution in [0, 0.1) is 5.92 Å². The average molecular weight is 153 g/mol. The van der Waals surface area contributed by atoms with Gasteiger partial charge in [0.1, 0.15) is 0 Å². The molecule has 1 N–H and O–H groups in total. The molecule has 0 spiro atoms. The molecule has 0 amide bonds. The molecular formula is C10H19N. The lowest BCUT2D eigenvalue weighted by molar-refractivity contribution is 0.221. The van der Waals surface area contributed by atoms with Crippen LogP contribution in [0.3, 0.4) is 0 Å². The smallest absolute Gasteiger partial charge is 0.0161 e. The second-order valence-electron chi connectivity index (χ2n) is 3.78. The van der Waals surface area contributed by atoms with Gasteiger partial charge in [-0.3, -0.25) is 0 Å². The number of hydrogen-bond acceptors (Lipinski definition) is 1. The van der Waals surface area contributed by atoms with Crippen molar-refractivity contribution >= 4 is 0 Å². The molecule has 0 atom stereocenters. The van der Waals surface area contributed by atoms with Crippen LogP contribution in [0.25, 0.3) is 0 Å². The molecule has 0 radical (unpaired) electrons. The van der Waals surface area contributed by atoms with Gasteiger partial charge < -0.3 is 5.32 Å². The summed E-state index contributed by atoms with van der Waals surface area (Å²) in [4.78, 5) is 0. The summed E-state index contributed by atoms with van der Waals surface area (Å²) in [5.74, 6) is 0.998. The Balaban J connectivity index is 2.00. The summed E-state index contributed by atoms with van der Waals surface area (Å²) in [6, 6.07) is 0.789. The minimum Gasteiger partial charge on any atom is -0.310 e. The minimum atomic E-state index is 0.789. The van der Waals surface area contributed by atoms with Gasteiger partial charge in [-0.15, -0.1) is 0 Å². The number of nitrogens with one attached hydrogen (secondary N) is 1. The zero-order valence-electron chi connectivity index (χ0n) is 7.69. The monoisotopic (exact) mass is 153 g/mol. The summed E-state index contributed by atoms with van der Waals surface area (Å²) in [5, 5.41) is 3.48. The molecule has 0 heterocycles. The van der Waals surface area contributed by atoms with Gasteiger partial charge in [-0.1, -0.05) is 25.5 Å². The van der Waals surface area contributed by atoms with Crippen LogP contribution < -0.4 is 5.32 Å². The fourth-order valence-electron chi connectivity index (χ4n) is 1.55. The maximum atomic E-state index is 3.86. The molecule has 11 heavy (non-hydrogen) atoms. The van der Waals surface area contributed by atoms with Gasteiger partial charge in [-0.25, -0.2) is 0 Å². The maximum Gasteiger partial charge on any atom is 0.0161 e. The van der Waals surface area contributed by atoms with E-state index in [9.17, 15) is 0 Å². The maximum absolute atomic E-state index is 3.86. The standard InChI is InChI=1S/C10H19N/c1-4-9-5-10(6-9)11-7-8(2)3/h9-11H,2,4-7H2,1,3H3. The summed E-state index contributed by atoms with van der Waals surface area (Å²) >= 11 is 0. The second kappa shape index (κ2) is 3.91. The van der Waals surface area contributed by atoms with Crippen molar-refractivity contribution in [1.29, 1.82) is 0 Å². The van der Waals surface area contributed by atoms with E-state index in [1.807, 2.05) is 0 Å². The van der Waals surface area contributed by atoms with E-state index < -0.39 is 0 Å². The number of hydrogen-bond donors (Lipinski definition) is 1. The topological polar surface area (TPSA) is 12.0 Å². The van der Waals surface area contributed by atoms with Crippen LogP contribution in [0.15, 0.2) is 12.2 Å². The van der Waals surface area contributed by atoms with Gasteiger partial charge in [-0.05, 0) is 25.7 Å². The van der Waals surface area contributed by atoms with Gasteiger partial charge in [0.25, 0.3) is 0 Å². The van der Waals surface area contributed by atoms with Gasteiger partial charge in [0, 0.05) is 12.6 Å². The fourth-order valence-corrected chi connectivity index (χ4v) is 1.55. The Kier molecular flexibility index (Phi) is 3.13. The SMILES string of the molecule is C=C(C)CNC1CC(CC)C1. The van der Waals surface area contributed by atoms with Crippen molar-refractivity contribution in [3.05, 3.63) is 12.2 Å². The number of rotatable bonds is 4. The van der Waals surface area contributed by atoms with Crippen LogP contribution in [0.2, 0.25) is 0 Å². The molecule has 0 saturated heterocycles. The Morgan fingerprint density at radius 3 is 2.64 bits per heavy atom. The van der Waals surface area contributed by atoms with Gasteiger partial charge in [0.2, 0.25) is 0 Å².